The summed E-state index contributed by atoms with van der Waals surface area (Å²) in [6, 6.07) is -0.428. The zero-order valence-corrected chi connectivity index (χ0v) is 12.7. The topological polar surface area (TPSA) is 167 Å². The quantitative estimate of drug-likeness (QED) is 0.243. The van der Waals surface area contributed by atoms with E-state index in [2.05, 4.69) is 6.92 Å². The summed E-state index contributed by atoms with van der Waals surface area (Å²) >= 11 is 0. The molecule has 7 nitrogen and oxygen atoms in total. The molecule has 0 aliphatic carbocycles. The van der Waals surface area contributed by atoms with Crippen LogP contribution in [0, 0.1) is 0 Å². The molecule has 11 N–H and O–H groups in total. The van der Waals surface area contributed by atoms with Crippen molar-refractivity contribution in [3.8, 4) is 0 Å². The first-order valence-corrected chi connectivity index (χ1v) is 7.29. The molecule has 0 bridgehead atoms. The van der Waals surface area contributed by atoms with Crippen LogP contribution in [0.15, 0.2) is 0 Å². The highest BCUT2D eigenvalue weighted by molar-refractivity contribution is 5.66. The second-order valence-corrected chi connectivity index (χ2v) is 5.10. The van der Waals surface area contributed by atoms with Gasteiger partial charge in [-0.2, -0.15) is 0 Å². The molecule has 0 amide bonds. The van der Waals surface area contributed by atoms with E-state index in [0.29, 0.717) is 19.4 Å². The molecule has 0 aromatic carbocycles. The Hall–Kier alpha value is -0.730. The molecule has 1 atom stereocenters. The molecule has 0 spiro atoms. The van der Waals surface area contributed by atoms with Crippen LogP contribution in [0.3, 0.4) is 0 Å². The maximum Gasteiger partial charge on any atom is 0.303 e. The van der Waals surface area contributed by atoms with Gasteiger partial charge in [-0.25, -0.2) is 0 Å². The molecular weight excluding hydrogens is 258 g/mol. The van der Waals surface area contributed by atoms with Crippen molar-refractivity contribution in [2.24, 2.45) is 28.7 Å². The van der Waals surface area contributed by atoms with E-state index in [9.17, 15) is 4.79 Å². The minimum atomic E-state index is -1.29. The first-order valence-electron chi connectivity index (χ1n) is 7.29. The molecule has 0 saturated carbocycles. The molecule has 0 aromatic heterocycles. The molecule has 122 valence electrons. The molecule has 20 heavy (non-hydrogen) atoms. The molecule has 0 aliphatic heterocycles. The molecule has 1 unspecified atom stereocenters. The van der Waals surface area contributed by atoms with E-state index in [4.69, 9.17) is 33.8 Å². The largest absolute Gasteiger partial charge is 0.481 e. The summed E-state index contributed by atoms with van der Waals surface area (Å²) in [5.41, 5.74) is 26.3. The number of hydrogen-bond acceptors (Lipinski definition) is 6. The fraction of sp³-hybridized carbons (Fsp3) is 0.923. The monoisotopic (exact) mass is 291 g/mol. The normalized spacial score (nSPS) is 12.5. The maximum absolute atomic E-state index is 10.1. The zero-order chi connectivity index (χ0) is 16.0. The van der Waals surface area contributed by atoms with Crippen molar-refractivity contribution in [1.82, 2.24) is 0 Å². The average molecular weight is 291 g/mol. The van der Waals surface area contributed by atoms with Crippen LogP contribution in [0.4, 0.5) is 0 Å². The van der Waals surface area contributed by atoms with Crippen molar-refractivity contribution in [3.63, 3.8) is 0 Å². The van der Waals surface area contributed by atoms with Crippen molar-refractivity contribution in [2.75, 3.05) is 6.54 Å². The fourth-order valence-corrected chi connectivity index (χ4v) is 1.49. The van der Waals surface area contributed by atoms with Gasteiger partial charge in [0.15, 0.2) is 0 Å². The first kappa shape index (κ1) is 21.6. The van der Waals surface area contributed by atoms with Gasteiger partial charge in [-0.05, 0) is 19.4 Å². The number of rotatable bonds is 10. The lowest BCUT2D eigenvalue weighted by molar-refractivity contribution is -0.137. The van der Waals surface area contributed by atoms with E-state index in [0.717, 1.165) is 12.8 Å². The van der Waals surface area contributed by atoms with Crippen LogP contribution in [0.2, 0.25) is 0 Å². The van der Waals surface area contributed by atoms with Crippen LogP contribution in [0.5, 0.6) is 0 Å². The number of nitrogens with two attached hydrogens (primary N) is 5. The first-order chi connectivity index (χ1) is 9.25. The van der Waals surface area contributed by atoms with Gasteiger partial charge in [0.1, 0.15) is 5.79 Å². The highest BCUT2D eigenvalue weighted by Gasteiger charge is 2.20. The third-order valence-electron chi connectivity index (χ3n) is 2.86. The lowest BCUT2D eigenvalue weighted by atomic mass is 10.1. The minimum absolute atomic E-state index is 0.339. The van der Waals surface area contributed by atoms with Crippen LogP contribution >= 0.6 is 0 Å². The predicted molar refractivity (Wildman–Crippen MR) is 82.6 cm³/mol. The number of carboxylic acids is 1. The number of unbranched alkanes of at least 4 members (excludes halogenated alkanes) is 5. The van der Waals surface area contributed by atoms with Crippen LogP contribution in [0.1, 0.15) is 58.3 Å². The van der Waals surface area contributed by atoms with Gasteiger partial charge < -0.3 is 16.6 Å². The summed E-state index contributed by atoms with van der Waals surface area (Å²) in [4.78, 5) is 10.1. The van der Waals surface area contributed by atoms with Crippen LogP contribution in [-0.4, -0.2) is 29.4 Å². The molecule has 0 aliphatic rings. The maximum atomic E-state index is 10.1. The predicted octanol–water partition coefficient (Wildman–Crippen LogP) is 0.0140. The highest BCUT2D eigenvalue weighted by atomic mass is 16.4. The second-order valence-electron chi connectivity index (χ2n) is 5.10. The van der Waals surface area contributed by atoms with E-state index in [1.54, 1.807) is 0 Å². The van der Waals surface area contributed by atoms with Crippen molar-refractivity contribution < 1.29 is 9.90 Å². The molecule has 0 aromatic rings. The van der Waals surface area contributed by atoms with Gasteiger partial charge in [0.25, 0.3) is 0 Å². The van der Waals surface area contributed by atoms with Gasteiger partial charge in [-0.3, -0.25) is 22.0 Å². The molecule has 7 heteroatoms. The Balaban J connectivity index is 0. The third kappa shape index (κ3) is 17.3. The van der Waals surface area contributed by atoms with E-state index in [1.165, 1.54) is 25.7 Å². The smallest absolute Gasteiger partial charge is 0.303 e. The Morgan fingerprint density at radius 2 is 1.60 bits per heavy atom. The van der Waals surface area contributed by atoms with Crippen LogP contribution in [-0.2, 0) is 4.79 Å². The third-order valence-corrected chi connectivity index (χ3v) is 2.86. The summed E-state index contributed by atoms with van der Waals surface area (Å²) in [5, 5.41) is 8.32. The van der Waals surface area contributed by atoms with Gasteiger partial charge in [0, 0.05) is 6.42 Å². The van der Waals surface area contributed by atoms with E-state index < -0.39 is 17.8 Å². The number of carboxylic acid groups (broad SMARTS) is 1. The Kier molecular flexibility index (Phi) is 14.3. The zero-order valence-electron chi connectivity index (χ0n) is 12.7. The summed E-state index contributed by atoms with van der Waals surface area (Å²) in [6.07, 6.45) is 7.80. The average Bonchev–Trinajstić information content (AvgIpc) is 2.33. The van der Waals surface area contributed by atoms with Crippen molar-refractivity contribution in [3.05, 3.63) is 0 Å². The van der Waals surface area contributed by atoms with Gasteiger partial charge in [0.2, 0.25) is 0 Å². The lowest BCUT2D eigenvalue weighted by Crippen LogP contribution is -2.69. The fourth-order valence-electron chi connectivity index (χ4n) is 1.49. The number of hydrogen-bond donors (Lipinski definition) is 6. The van der Waals surface area contributed by atoms with Crippen molar-refractivity contribution in [2.45, 2.75) is 70.1 Å². The molecule has 0 saturated heterocycles. The van der Waals surface area contributed by atoms with Crippen LogP contribution in [0.25, 0.3) is 0 Å². The SMILES string of the molecule is CCCCCCCCC(=O)O.NCCC(N)C(N)(N)N. The Bertz CT molecular complexity index is 231. The van der Waals surface area contributed by atoms with Gasteiger partial charge in [-0.1, -0.05) is 39.0 Å². The Morgan fingerprint density at radius 1 is 1.10 bits per heavy atom. The lowest BCUT2D eigenvalue weighted by Gasteiger charge is -2.25. The molecule has 0 radical (unpaired) electrons. The highest BCUT2D eigenvalue weighted by Crippen LogP contribution is 2.06. The molecule has 0 rings (SSSR count). The summed E-state index contributed by atoms with van der Waals surface area (Å²) in [5.74, 6) is -1.96. The summed E-state index contributed by atoms with van der Waals surface area (Å²) < 4.78 is 0. The number of carbonyl (C=O) groups is 1. The van der Waals surface area contributed by atoms with Crippen molar-refractivity contribution >= 4 is 5.97 Å². The second kappa shape index (κ2) is 13.3. The minimum Gasteiger partial charge on any atom is -0.481 e. The molecule has 0 heterocycles. The van der Waals surface area contributed by atoms with Crippen molar-refractivity contribution in [1.29, 1.82) is 0 Å². The van der Waals surface area contributed by atoms with E-state index >= 15 is 0 Å². The van der Waals surface area contributed by atoms with Gasteiger partial charge in [-0.15, -0.1) is 0 Å². The summed E-state index contributed by atoms with van der Waals surface area (Å²) in [7, 11) is 0. The Morgan fingerprint density at radius 3 is 1.95 bits per heavy atom. The Labute approximate surface area is 122 Å². The molecular formula is C13H33N5O2. The molecule has 0 fully saturated rings. The standard InChI is InChI=1S/C9H18O2.C4H15N5/c1-2-3-4-5-6-7-8-9(10)11;5-2-1-3(6)4(7,8)9/h2-8H2,1H3,(H,10,11);3H,1-2,5-9H2. The van der Waals surface area contributed by atoms with Crippen LogP contribution < -0.4 is 28.7 Å². The number of aliphatic carboxylic acids is 1. The summed E-state index contributed by atoms with van der Waals surface area (Å²) in [6.45, 7) is 2.63. The van der Waals surface area contributed by atoms with E-state index in [1.807, 2.05) is 0 Å². The van der Waals surface area contributed by atoms with E-state index in [-0.39, 0.29) is 0 Å². The van der Waals surface area contributed by atoms with Gasteiger partial charge in [0.05, 0.1) is 6.04 Å². The van der Waals surface area contributed by atoms with Gasteiger partial charge >= 0.3 is 5.97 Å².